The molecule has 0 bridgehead atoms. The minimum Gasteiger partial charge on any atom is -0.313 e. The number of amides is 4. The molecule has 140 valence electrons. The van der Waals surface area contributed by atoms with Gasteiger partial charge >= 0.3 is 6.03 Å². The second kappa shape index (κ2) is 7.09. The van der Waals surface area contributed by atoms with Gasteiger partial charge in [-0.15, -0.1) is 0 Å². The highest BCUT2D eigenvalue weighted by Crippen LogP contribution is 2.39. The number of carbonyl (C=O) groups excluding carboxylic acids is 3. The summed E-state index contributed by atoms with van der Waals surface area (Å²) < 4.78 is 0. The summed E-state index contributed by atoms with van der Waals surface area (Å²) in [7, 11) is 1.69. The third-order valence-electron chi connectivity index (χ3n) is 5.60. The average Bonchev–Trinajstić information content (AvgIpc) is 2.79. The summed E-state index contributed by atoms with van der Waals surface area (Å²) in [4.78, 5) is 43.1. The number of carbonyl (C=O) groups is 3. The van der Waals surface area contributed by atoms with Crippen molar-refractivity contribution in [2.75, 3.05) is 18.5 Å². The average molecular weight is 357 g/mol. The smallest absolute Gasteiger partial charge is 0.313 e. The van der Waals surface area contributed by atoms with Crippen LogP contribution in [0.2, 0.25) is 0 Å². The van der Waals surface area contributed by atoms with Crippen LogP contribution < -0.4 is 4.90 Å². The van der Waals surface area contributed by atoms with E-state index in [0.717, 1.165) is 29.8 Å². The molecule has 6 heteroatoms. The van der Waals surface area contributed by atoms with Gasteiger partial charge in [0.05, 0.1) is 0 Å². The number of nitrogens with zero attached hydrogens (tertiary/aromatic N) is 3. The lowest BCUT2D eigenvalue weighted by atomic mass is 9.81. The van der Waals surface area contributed by atoms with E-state index in [1.165, 1.54) is 0 Å². The number of anilines is 1. The van der Waals surface area contributed by atoms with Crippen LogP contribution in [-0.2, 0) is 9.59 Å². The first-order chi connectivity index (χ1) is 12.4. The molecule has 2 fully saturated rings. The van der Waals surface area contributed by atoms with E-state index < -0.39 is 5.54 Å². The van der Waals surface area contributed by atoms with E-state index >= 15 is 0 Å². The highest BCUT2D eigenvalue weighted by atomic mass is 16.2. The van der Waals surface area contributed by atoms with Crippen molar-refractivity contribution < 1.29 is 14.4 Å². The molecule has 1 saturated heterocycles. The molecule has 0 aromatic heterocycles. The molecule has 4 amide bonds. The Hall–Kier alpha value is -2.37. The zero-order valence-electron chi connectivity index (χ0n) is 15.8. The standard InChI is InChI=1S/C20H27N3O3/c1-15(2)23(16-10-6-4-7-11-16)17(24)14-22-18(25)20(21(3)19(22)26)12-8-5-9-13-20/h4,6-7,10-11,15H,5,8-9,12-14H2,1-3H3. The molecule has 0 unspecified atom stereocenters. The molecule has 3 rings (SSSR count). The predicted octanol–water partition coefficient (Wildman–Crippen LogP) is 3.02. The lowest BCUT2D eigenvalue weighted by Crippen LogP contribution is -2.50. The fraction of sp³-hybridized carbons (Fsp3) is 0.550. The van der Waals surface area contributed by atoms with Gasteiger partial charge in [-0.25, -0.2) is 4.79 Å². The van der Waals surface area contributed by atoms with E-state index in [9.17, 15) is 14.4 Å². The van der Waals surface area contributed by atoms with Crippen LogP contribution in [0.5, 0.6) is 0 Å². The number of likely N-dealkylation sites (N-methyl/N-ethyl adjacent to an activating group) is 1. The van der Waals surface area contributed by atoms with E-state index in [4.69, 9.17) is 0 Å². The molecule has 1 aliphatic carbocycles. The molecule has 1 spiro atoms. The SMILES string of the molecule is CC(C)N(C(=O)CN1C(=O)N(C)C2(CCCCC2)C1=O)c1ccccc1. The minimum atomic E-state index is -0.745. The summed E-state index contributed by atoms with van der Waals surface area (Å²) in [6.07, 6.45) is 4.34. The number of hydrogen-bond acceptors (Lipinski definition) is 3. The maximum atomic E-state index is 13.1. The highest BCUT2D eigenvalue weighted by Gasteiger charge is 2.56. The van der Waals surface area contributed by atoms with Crippen molar-refractivity contribution in [1.82, 2.24) is 9.80 Å². The summed E-state index contributed by atoms with van der Waals surface area (Å²) in [5.41, 5.74) is 0.0257. The van der Waals surface area contributed by atoms with Crippen LogP contribution in [0.1, 0.15) is 46.0 Å². The van der Waals surface area contributed by atoms with Crippen LogP contribution in [0.4, 0.5) is 10.5 Å². The molecule has 1 aromatic rings. The lowest BCUT2D eigenvalue weighted by Gasteiger charge is -2.35. The Morgan fingerprint density at radius 3 is 2.31 bits per heavy atom. The lowest BCUT2D eigenvalue weighted by molar-refractivity contribution is -0.136. The second-order valence-electron chi connectivity index (χ2n) is 7.52. The highest BCUT2D eigenvalue weighted by molar-refractivity contribution is 6.10. The van der Waals surface area contributed by atoms with Gasteiger partial charge in [-0.05, 0) is 38.8 Å². The fourth-order valence-corrected chi connectivity index (χ4v) is 4.20. The van der Waals surface area contributed by atoms with E-state index in [0.29, 0.717) is 12.8 Å². The molecule has 2 aliphatic rings. The van der Waals surface area contributed by atoms with E-state index in [2.05, 4.69) is 0 Å². The zero-order chi connectivity index (χ0) is 18.9. The van der Waals surface area contributed by atoms with Crippen molar-refractivity contribution in [3.05, 3.63) is 30.3 Å². The van der Waals surface area contributed by atoms with Crippen molar-refractivity contribution in [3.8, 4) is 0 Å². The first kappa shape index (κ1) is 18.4. The third-order valence-corrected chi connectivity index (χ3v) is 5.60. The summed E-state index contributed by atoms with van der Waals surface area (Å²) in [5.74, 6) is -0.455. The number of benzene rings is 1. The van der Waals surface area contributed by atoms with Crippen LogP contribution in [0.3, 0.4) is 0 Å². The van der Waals surface area contributed by atoms with Crippen molar-refractivity contribution in [2.24, 2.45) is 0 Å². The number of hydrogen-bond donors (Lipinski definition) is 0. The van der Waals surface area contributed by atoms with Gasteiger partial charge in [0.1, 0.15) is 12.1 Å². The summed E-state index contributed by atoms with van der Waals surface area (Å²) in [6, 6.07) is 8.92. The molecule has 6 nitrogen and oxygen atoms in total. The van der Waals surface area contributed by atoms with E-state index in [1.807, 2.05) is 44.2 Å². The van der Waals surface area contributed by atoms with Gasteiger partial charge in [-0.3, -0.25) is 14.5 Å². The summed E-state index contributed by atoms with van der Waals surface area (Å²) >= 11 is 0. The monoisotopic (exact) mass is 357 g/mol. The Bertz CT molecular complexity index is 696. The van der Waals surface area contributed by atoms with E-state index in [1.54, 1.807) is 16.8 Å². The maximum absolute atomic E-state index is 13.1. The number of rotatable bonds is 4. The molecular formula is C20H27N3O3. The van der Waals surface area contributed by atoms with Crippen LogP contribution >= 0.6 is 0 Å². The minimum absolute atomic E-state index is 0.0703. The van der Waals surface area contributed by atoms with Crippen LogP contribution in [0.25, 0.3) is 0 Å². The number of imide groups is 1. The zero-order valence-corrected chi connectivity index (χ0v) is 15.8. The topological polar surface area (TPSA) is 60.9 Å². The number of urea groups is 1. The normalized spacial score (nSPS) is 19.5. The van der Waals surface area contributed by atoms with Gasteiger partial charge < -0.3 is 9.80 Å². The summed E-state index contributed by atoms with van der Waals surface area (Å²) in [6.45, 7) is 3.64. The van der Waals surface area contributed by atoms with Crippen LogP contribution in [0.15, 0.2) is 30.3 Å². The first-order valence-corrected chi connectivity index (χ1v) is 9.35. The molecule has 0 radical (unpaired) electrons. The van der Waals surface area contributed by atoms with E-state index in [-0.39, 0.29) is 30.4 Å². The molecule has 1 aliphatic heterocycles. The van der Waals surface area contributed by atoms with Crippen molar-refractivity contribution in [2.45, 2.75) is 57.5 Å². The van der Waals surface area contributed by atoms with Gasteiger partial charge in [-0.1, -0.05) is 37.5 Å². The molecule has 0 atom stereocenters. The maximum Gasteiger partial charge on any atom is 0.327 e. The Kier molecular flexibility index (Phi) is 5.03. The quantitative estimate of drug-likeness (QED) is 0.778. The molecular weight excluding hydrogens is 330 g/mol. The fourth-order valence-electron chi connectivity index (χ4n) is 4.20. The Morgan fingerprint density at radius 2 is 1.73 bits per heavy atom. The van der Waals surface area contributed by atoms with Gasteiger partial charge in [0.15, 0.2) is 0 Å². The second-order valence-corrected chi connectivity index (χ2v) is 7.52. The number of para-hydroxylation sites is 1. The Morgan fingerprint density at radius 1 is 1.12 bits per heavy atom. The van der Waals surface area contributed by atoms with Gasteiger partial charge in [0, 0.05) is 18.8 Å². The molecule has 1 aromatic carbocycles. The Labute approximate surface area is 154 Å². The van der Waals surface area contributed by atoms with Gasteiger partial charge in [0.25, 0.3) is 5.91 Å². The first-order valence-electron chi connectivity index (χ1n) is 9.35. The van der Waals surface area contributed by atoms with Crippen molar-refractivity contribution in [1.29, 1.82) is 0 Å². The third kappa shape index (κ3) is 2.97. The molecule has 0 N–H and O–H groups in total. The van der Waals surface area contributed by atoms with Gasteiger partial charge in [0.2, 0.25) is 5.91 Å². The van der Waals surface area contributed by atoms with Crippen LogP contribution in [0, 0.1) is 0 Å². The largest absolute Gasteiger partial charge is 0.327 e. The molecule has 26 heavy (non-hydrogen) atoms. The van der Waals surface area contributed by atoms with Crippen molar-refractivity contribution in [3.63, 3.8) is 0 Å². The predicted molar refractivity (Wildman–Crippen MR) is 99.8 cm³/mol. The summed E-state index contributed by atoms with van der Waals surface area (Å²) in [5, 5.41) is 0. The van der Waals surface area contributed by atoms with Gasteiger partial charge in [-0.2, -0.15) is 0 Å². The Balaban J connectivity index is 1.82. The molecule has 1 heterocycles. The van der Waals surface area contributed by atoms with Crippen LogP contribution in [-0.4, -0.2) is 52.8 Å². The van der Waals surface area contributed by atoms with Crippen molar-refractivity contribution >= 4 is 23.5 Å². The molecule has 1 saturated carbocycles.